The van der Waals surface area contributed by atoms with Gasteiger partial charge in [0.2, 0.25) is 0 Å². The molecule has 29 heavy (non-hydrogen) atoms. The van der Waals surface area contributed by atoms with E-state index in [2.05, 4.69) is 65.6 Å². The van der Waals surface area contributed by atoms with Gasteiger partial charge in [-0.2, -0.15) is 0 Å². The number of rotatable bonds is 8. The summed E-state index contributed by atoms with van der Waals surface area (Å²) in [7, 11) is 0. The molecule has 2 aromatic rings. The molecule has 0 aromatic heterocycles. The summed E-state index contributed by atoms with van der Waals surface area (Å²) in [6.45, 7) is 4.79. The van der Waals surface area contributed by atoms with Crippen LogP contribution in [0.5, 0.6) is 0 Å². The maximum Gasteiger partial charge on any atom is 0.0576 e. The van der Waals surface area contributed by atoms with Crippen molar-refractivity contribution in [2.45, 2.75) is 63.8 Å². The van der Waals surface area contributed by atoms with E-state index >= 15 is 0 Å². The molecule has 0 unspecified atom stereocenters. The fourth-order valence-electron chi connectivity index (χ4n) is 4.71. The van der Waals surface area contributed by atoms with Gasteiger partial charge in [0.15, 0.2) is 0 Å². The fraction of sp³-hybridized carbons (Fsp3) is 0.538. The summed E-state index contributed by atoms with van der Waals surface area (Å²) in [5.41, 5.74) is 2.81. The molecule has 0 amide bonds. The number of nitrogens with zero attached hydrogens (tertiary/aromatic N) is 1. The minimum Gasteiger partial charge on any atom is -0.381 e. The smallest absolute Gasteiger partial charge is 0.0576 e. The van der Waals surface area contributed by atoms with Crippen molar-refractivity contribution < 1.29 is 9.47 Å². The molecular weight excluding hydrogens is 358 g/mol. The van der Waals surface area contributed by atoms with Gasteiger partial charge in [0.05, 0.1) is 6.10 Å². The lowest BCUT2D eigenvalue weighted by molar-refractivity contribution is -0.0334. The summed E-state index contributed by atoms with van der Waals surface area (Å²) in [4.78, 5) is 2.68. The van der Waals surface area contributed by atoms with Crippen LogP contribution in [-0.2, 0) is 22.6 Å². The van der Waals surface area contributed by atoms with E-state index in [1.54, 1.807) is 0 Å². The van der Waals surface area contributed by atoms with E-state index < -0.39 is 0 Å². The van der Waals surface area contributed by atoms with Crippen molar-refractivity contribution in [3.63, 3.8) is 0 Å². The number of benzene rings is 2. The molecule has 156 valence electrons. The first-order valence-corrected chi connectivity index (χ1v) is 11.4. The number of ether oxygens (including phenoxy) is 2. The van der Waals surface area contributed by atoms with Gasteiger partial charge in [0, 0.05) is 39.0 Å². The summed E-state index contributed by atoms with van der Waals surface area (Å²) in [5, 5.41) is 0. The van der Waals surface area contributed by atoms with Crippen LogP contribution >= 0.6 is 0 Å². The Hall–Kier alpha value is -1.68. The molecule has 0 bridgehead atoms. The third kappa shape index (κ3) is 6.40. The molecule has 0 spiro atoms. The molecule has 0 N–H and O–H groups in total. The van der Waals surface area contributed by atoms with E-state index in [0.29, 0.717) is 18.1 Å². The first kappa shape index (κ1) is 20.6. The Morgan fingerprint density at radius 3 is 1.83 bits per heavy atom. The Labute approximate surface area is 176 Å². The van der Waals surface area contributed by atoms with E-state index in [-0.39, 0.29) is 0 Å². The number of hydrogen-bond acceptors (Lipinski definition) is 3. The van der Waals surface area contributed by atoms with Crippen LogP contribution in [0.2, 0.25) is 0 Å². The van der Waals surface area contributed by atoms with Gasteiger partial charge in [-0.05, 0) is 55.6 Å². The van der Waals surface area contributed by atoms with Crippen LogP contribution in [0, 0.1) is 5.92 Å². The highest BCUT2D eigenvalue weighted by Gasteiger charge is 2.27. The third-order valence-corrected chi connectivity index (χ3v) is 6.53. The minimum atomic E-state index is 0.449. The molecule has 1 saturated carbocycles. The van der Waals surface area contributed by atoms with Crippen molar-refractivity contribution >= 4 is 0 Å². The van der Waals surface area contributed by atoms with Gasteiger partial charge in [-0.25, -0.2) is 0 Å². The van der Waals surface area contributed by atoms with Gasteiger partial charge >= 0.3 is 0 Å². The lowest BCUT2D eigenvalue weighted by Gasteiger charge is -2.37. The van der Waals surface area contributed by atoms with Crippen molar-refractivity contribution in [2.75, 3.05) is 19.8 Å². The normalized spacial score (nSPS) is 23.3. The molecule has 2 aromatic carbocycles. The standard InChI is InChI=1S/C26H35NO2/c1-3-7-22(8-4-1)19-27(20-23-9-5-2-6-10-23)25-11-13-26(14-12-25)29-21-24-15-17-28-18-16-24/h1-10,24-26H,11-21H2/t25-,26-. The Morgan fingerprint density at radius 1 is 0.724 bits per heavy atom. The topological polar surface area (TPSA) is 21.7 Å². The summed E-state index contributed by atoms with van der Waals surface area (Å²) in [6, 6.07) is 22.4. The van der Waals surface area contributed by atoms with Crippen molar-refractivity contribution in [1.29, 1.82) is 0 Å². The summed E-state index contributed by atoms with van der Waals surface area (Å²) in [5.74, 6) is 0.703. The van der Waals surface area contributed by atoms with E-state index in [1.807, 2.05) is 0 Å². The zero-order chi connectivity index (χ0) is 19.7. The van der Waals surface area contributed by atoms with Crippen molar-refractivity contribution in [1.82, 2.24) is 4.90 Å². The fourth-order valence-corrected chi connectivity index (χ4v) is 4.71. The Kier molecular flexibility index (Phi) is 7.75. The lowest BCUT2D eigenvalue weighted by Crippen LogP contribution is -2.39. The van der Waals surface area contributed by atoms with Crippen LogP contribution in [0.4, 0.5) is 0 Å². The predicted octanol–water partition coefficient (Wildman–Crippen LogP) is 5.44. The minimum absolute atomic E-state index is 0.449. The van der Waals surface area contributed by atoms with Crippen molar-refractivity contribution in [2.24, 2.45) is 5.92 Å². The second kappa shape index (κ2) is 10.9. The van der Waals surface area contributed by atoms with Gasteiger partial charge < -0.3 is 9.47 Å². The average Bonchev–Trinajstić information content (AvgIpc) is 2.80. The molecular formula is C26H35NO2. The van der Waals surface area contributed by atoms with E-state index in [4.69, 9.17) is 9.47 Å². The molecule has 1 aliphatic heterocycles. The quantitative estimate of drug-likeness (QED) is 0.596. The highest BCUT2D eigenvalue weighted by molar-refractivity contribution is 5.17. The SMILES string of the molecule is c1ccc(CN(Cc2ccccc2)[C@H]2CC[C@H](OCC3CCOCC3)CC2)cc1. The molecule has 2 aliphatic rings. The molecule has 0 atom stereocenters. The Morgan fingerprint density at radius 2 is 1.28 bits per heavy atom. The Balaban J connectivity index is 1.31. The highest BCUT2D eigenvalue weighted by atomic mass is 16.5. The molecule has 3 heteroatoms. The van der Waals surface area contributed by atoms with Crippen LogP contribution in [0.25, 0.3) is 0 Å². The molecule has 3 nitrogen and oxygen atoms in total. The lowest BCUT2D eigenvalue weighted by atomic mass is 9.91. The molecule has 1 saturated heterocycles. The molecule has 1 aliphatic carbocycles. The van der Waals surface area contributed by atoms with Gasteiger partial charge in [-0.1, -0.05) is 60.7 Å². The van der Waals surface area contributed by atoms with E-state index in [9.17, 15) is 0 Å². The summed E-state index contributed by atoms with van der Waals surface area (Å²) >= 11 is 0. The highest BCUT2D eigenvalue weighted by Crippen LogP contribution is 2.28. The monoisotopic (exact) mass is 393 g/mol. The first-order chi connectivity index (χ1) is 14.4. The molecule has 2 fully saturated rings. The van der Waals surface area contributed by atoms with Crippen molar-refractivity contribution in [3.8, 4) is 0 Å². The van der Waals surface area contributed by atoms with Crippen LogP contribution in [0.3, 0.4) is 0 Å². The van der Waals surface area contributed by atoms with Gasteiger partial charge in [-0.3, -0.25) is 4.90 Å². The summed E-state index contributed by atoms with van der Waals surface area (Å²) < 4.78 is 11.8. The second-order valence-electron chi connectivity index (χ2n) is 8.70. The maximum absolute atomic E-state index is 6.31. The van der Waals surface area contributed by atoms with Crippen LogP contribution < -0.4 is 0 Å². The van der Waals surface area contributed by atoms with Crippen LogP contribution in [-0.4, -0.2) is 36.9 Å². The van der Waals surface area contributed by atoms with E-state index in [0.717, 1.165) is 45.8 Å². The zero-order valence-electron chi connectivity index (χ0n) is 17.5. The van der Waals surface area contributed by atoms with Gasteiger partial charge in [-0.15, -0.1) is 0 Å². The number of hydrogen-bond donors (Lipinski definition) is 0. The van der Waals surface area contributed by atoms with E-state index in [1.165, 1.54) is 36.8 Å². The second-order valence-corrected chi connectivity index (χ2v) is 8.70. The van der Waals surface area contributed by atoms with Crippen molar-refractivity contribution in [3.05, 3.63) is 71.8 Å². The predicted molar refractivity (Wildman–Crippen MR) is 118 cm³/mol. The first-order valence-electron chi connectivity index (χ1n) is 11.4. The zero-order valence-corrected chi connectivity index (χ0v) is 17.5. The largest absolute Gasteiger partial charge is 0.381 e. The summed E-state index contributed by atoms with van der Waals surface area (Å²) in [6.07, 6.45) is 7.62. The van der Waals surface area contributed by atoms with Gasteiger partial charge in [0.1, 0.15) is 0 Å². The average molecular weight is 394 g/mol. The van der Waals surface area contributed by atoms with Crippen LogP contribution in [0.1, 0.15) is 49.7 Å². The molecule has 1 heterocycles. The van der Waals surface area contributed by atoms with Crippen LogP contribution in [0.15, 0.2) is 60.7 Å². The third-order valence-electron chi connectivity index (χ3n) is 6.53. The van der Waals surface area contributed by atoms with Gasteiger partial charge in [0.25, 0.3) is 0 Å². The Bertz CT molecular complexity index is 650. The molecule has 4 rings (SSSR count). The molecule has 0 radical (unpaired) electrons. The maximum atomic E-state index is 6.31.